The lowest BCUT2D eigenvalue weighted by atomic mass is 10.2. The van der Waals surface area contributed by atoms with Crippen LogP contribution in [0.25, 0.3) is 0 Å². The van der Waals surface area contributed by atoms with E-state index in [0.29, 0.717) is 17.1 Å². The first-order chi connectivity index (χ1) is 7.66. The van der Waals surface area contributed by atoms with E-state index in [1.54, 1.807) is 24.5 Å². The lowest BCUT2D eigenvalue weighted by Crippen LogP contribution is -1.98. The Kier molecular flexibility index (Phi) is 2.72. The fraction of sp³-hybridized carbons (Fsp3) is 0.0833. The second kappa shape index (κ2) is 4.18. The first-order valence-corrected chi connectivity index (χ1v) is 4.89. The quantitative estimate of drug-likeness (QED) is 0.813. The Balaban J connectivity index is 2.31. The predicted molar refractivity (Wildman–Crippen MR) is 63.1 cm³/mol. The van der Waals surface area contributed by atoms with Gasteiger partial charge in [0.05, 0.1) is 23.3 Å². The van der Waals surface area contributed by atoms with Crippen molar-refractivity contribution in [3.63, 3.8) is 0 Å². The first-order valence-electron chi connectivity index (χ1n) is 4.89. The maximum atomic E-state index is 13.5. The maximum Gasteiger partial charge on any atom is 0.146 e. The smallest absolute Gasteiger partial charge is 0.146 e. The molecular formula is C12H12FN3. The molecule has 0 spiro atoms. The van der Waals surface area contributed by atoms with Gasteiger partial charge >= 0.3 is 0 Å². The summed E-state index contributed by atoms with van der Waals surface area (Å²) < 4.78 is 13.5. The van der Waals surface area contributed by atoms with Crippen molar-refractivity contribution < 1.29 is 4.39 Å². The number of hydrogen-bond donors (Lipinski definition) is 2. The molecule has 0 saturated carbocycles. The summed E-state index contributed by atoms with van der Waals surface area (Å²) in [5.41, 5.74) is 8.13. The van der Waals surface area contributed by atoms with Crippen LogP contribution in [-0.2, 0) is 0 Å². The molecular weight excluding hydrogens is 205 g/mol. The Morgan fingerprint density at radius 2 is 2.06 bits per heavy atom. The maximum absolute atomic E-state index is 13.5. The van der Waals surface area contributed by atoms with Gasteiger partial charge in [0.15, 0.2) is 0 Å². The standard InChI is InChI=1S/C12H12FN3/c1-8-2-3-11(9(13)6-8)16-12-7-15-5-4-10(12)14/h2-7,16H,1H3,(H2,14,15). The van der Waals surface area contributed by atoms with Crippen molar-refractivity contribution in [3.05, 3.63) is 48.0 Å². The normalized spacial score (nSPS) is 10.1. The number of anilines is 3. The Bertz CT molecular complexity index is 511. The van der Waals surface area contributed by atoms with Gasteiger partial charge in [-0.1, -0.05) is 6.07 Å². The molecule has 0 radical (unpaired) electrons. The van der Waals surface area contributed by atoms with E-state index in [9.17, 15) is 4.39 Å². The minimum atomic E-state index is -0.303. The second-order valence-corrected chi connectivity index (χ2v) is 3.57. The van der Waals surface area contributed by atoms with Gasteiger partial charge in [-0.2, -0.15) is 0 Å². The summed E-state index contributed by atoms with van der Waals surface area (Å²) in [4.78, 5) is 3.92. The van der Waals surface area contributed by atoms with Crippen molar-refractivity contribution in [2.45, 2.75) is 6.92 Å². The molecule has 0 aliphatic heterocycles. The number of halogens is 1. The summed E-state index contributed by atoms with van der Waals surface area (Å²) in [5.74, 6) is -0.303. The molecule has 0 unspecified atom stereocenters. The van der Waals surface area contributed by atoms with Gasteiger partial charge in [0.25, 0.3) is 0 Å². The lowest BCUT2D eigenvalue weighted by Gasteiger charge is -2.09. The molecule has 2 aromatic rings. The lowest BCUT2D eigenvalue weighted by molar-refractivity contribution is 0.631. The number of pyridine rings is 1. The molecule has 0 aliphatic carbocycles. The summed E-state index contributed by atoms with van der Waals surface area (Å²) in [6, 6.07) is 6.64. The zero-order valence-corrected chi connectivity index (χ0v) is 8.87. The minimum Gasteiger partial charge on any atom is -0.397 e. The summed E-state index contributed by atoms with van der Waals surface area (Å²) in [7, 11) is 0. The zero-order valence-electron chi connectivity index (χ0n) is 8.87. The van der Waals surface area contributed by atoms with Crippen LogP contribution < -0.4 is 11.1 Å². The van der Waals surface area contributed by atoms with E-state index in [1.165, 1.54) is 6.07 Å². The third kappa shape index (κ3) is 2.11. The van der Waals surface area contributed by atoms with Gasteiger partial charge in [0.2, 0.25) is 0 Å². The second-order valence-electron chi connectivity index (χ2n) is 3.57. The van der Waals surface area contributed by atoms with Gasteiger partial charge in [0.1, 0.15) is 5.82 Å². The van der Waals surface area contributed by atoms with E-state index in [-0.39, 0.29) is 5.82 Å². The third-order valence-electron chi connectivity index (χ3n) is 2.25. The average Bonchev–Trinajstić information content (AvgIpc) is 2.25. The van der Waals surface area contributed by atoms with Crippen molar-refractivity contribution >= 4 is 17.1 Å². The predicted octanol–water partition coefficient (Wildman–Crippen LogP) is 2.85. The van der Waals surface area contributed by atoms with Crippen LogP contribution >= 0.6 is 0 Å². The molecule has 16 heavy (non-hydrogen) atoms. The fourth-order valence-corrected chi connectivity index (χ4v) is 1.38. The number of benzene rings is 1. The summed E-state index contributed by atoms with van der Waals surface area (Å²) in [6.07, 6.45) is 3.15. The van der Waals surface area contributed by atoms with Gasteiger partial charge in [-0.05, 0) is 30.7 Å². The van der Waals surface area contributed by atoms with Gasteiger partial charge in [-0.25, -0.2) is 4.39 Å². The van der Waals surface area contributed by atoms with Crippen LogP contribution in [0, 0.1) is 12.7 Å². The van der Waals surface area contributed by atoms with Crippen LogP contribution in [0.15, 0.2) is 36.7 Å². The van der Waals surface area contributed by atoms with E-state index < -0.39 is 0 Å². The third-order valence-corrected chi connectivity index (χ3v) is 2.25. The van der Waals surface area contributed by atoms with Crippen molar-refractivity contribution in [3.8, 4) is 0 Å². The van der Waals surface area contributed by atoms with Crippen LogP contribution in [0.1, 0.15) is 5.56 Å². The van der Waals surface area contributed by atoms with Crippen LogP contribution in [-0.4, -0.2) is 4.98 Å². The number of nitrogens with zero attached hydrogens (tertiary/aromatic N) is 1. The van der Waals surface area contributed by atoms with Gasteiger partial charge in [0, 0.05) is 6.20 Å². The molecule has 1 heterocycles. The van der Waals surface area contributed by atoms with Crippen molar-refractivity contribution in [1.29, 1.82) is 0 Å². The SMILES string of the molecule is Cc1ccc(Nc2cnccc2N)c(F)c1. The highest BCUT2D eigenvalue weighted by atomic mass is 19.1. The minimum absolute atomic E-state index is 0.303. The monoisotopic (exact) mass is 217 g/mol. The molecule has 0 amide bonds. The largest absolute Gasteiger partial charge is 0.397 e. The molecule has 4 heteroatoms. The summed E-state index contributed by atoms with van der Waals surface area (Å²) in [6.45, 7) is 1.84. The number of rotatable bonds is 2. The number of hydrogen-bond acceptors (Lipinski definition) is 3. The number of nitrogen functional groups attached to an aromatic ring is 1. The van der Waals surface area contributed by atoms with E-state index in [0.717, 1.165) is 5.56 Å². The Hall–Kier alpha value is -2.10. The number of nitrogens with two attached hydrogens (primary N) is 1. The van der Waals surface area contributed by atoms with E-state index in [4.69, 9.17) is 5.73 Å². The molecule has 0 saturated heterocycles. The van der Waals surface area contributed by atoms with Crippen LogP contribution in [0.2, 0.25) is 0 Å². The summed E-state index contributed by atoms with van der Waals surface area (Å²) >= 11 is 0. The topological polar surface area (TPSA) is 50.9 Å². The molecule has 1 aromatic carbocycles. The Labute approximate surface area is 93.1 Å². The molecule has 3 N–H and O–H groups in total. The number of nitrogens with one attached hydrogen (secondary N) is 1. The molecule has 0 atom stereocenters. The van der Waals surface area contributed by atoms with Crippen molar-refractivity contribution in [2.75, 3.05) is 11.1 Å². The van der Waals surface area contributed by atoms with Crippen LogP contribution in [0.4, 0.5) is 21.5 Å². The van der Waals surface area contributed by atoms with Gasteiger partial charge < -0.3 is 11.1 Å². The first kappa shape index (κ1) is 10.4. The van der Waals surface area contributed by atoms with Crippen molar-refractivity contribution in [1.82, 2.24) is 4.98 Å². The molecule has 3 nitrogen and oxygen atoms in total. The van der Waals surface area contributed by atoms with E-state index in [1.807, 2.05) is 13.0 Å². The zero-order chi connectivity index (χ0) is 11.5. The molecule has 2 rings (SSSR count). The number of aromatic nitrogens is 1. The average molecular weight is 217 g/mol. The van der Waals surface area contributed by atoms with E-state index >= 15 is 0 Å². The Morgan fingerprint density at radius 1 is 1.25 bits per heavy atom. The number of aryl methyl sites for hydroxylation is 1. The van der Waals surface area contributed by atoms with E-state index in [2.05, 4.69) is 10.3 Å². The van der Waals surface area contributed by atoms with Crippen molar-refractivity contribution in [2.24, 2.45) is 0 Å². The van der Waals surface area contributed by atoms with Gasteiger partial charge in [-0.15, -0.1) is 0 Å². The Morgan fingerprint density at radius 3 is 2.75 bits per heavy atom. The molecule has 0 aliphatic rings. The highest BCUT2D eigenvalue weighted by molar-refractivity contribution is 5.71. The van der Waals surface area contributed by atoms with Crippen LogP contribution in [0.5, 0.6) is 0 Å². The molecule has 0 fully saturated rings. The molecule has 0 bridgehead atoms. The molecule has 1 aromatic heterocycles. The molecule has 82 valence electrons. The van der Waals surface area contributed by atoms with Crippen LogP contribution in [0.3, 0.4) is 0 Å². The highest BCUT2D eigenvalue weighted by Crippen LogP contribution is 2.23. The summed E-state index contributed by atoms with van der Waals surface area (Å²) in [5, 5.41) is 2.91. The van der Waals surface area contributed by atoms with Gasteiger partial charge in [-0.3, -0.25) is 4.98 Å². The highest BCUT2D eigenvalue weighted by Gasteiger charge is 2.04. The fourth-order valence-electron chi connectivity index (χ4n) is 1.38.